The van der Waals surface area contributed by atoms with Crippen molar-refractivity contribution in [1.29, 1.82) is 5.26 Å². The molecular formula is C17H20N4. The van der Waals surface area contributed by atoms with Crippen LogP contribution in [-0.2, 0) is 0 Å². The van der Waals surface area contributed by atoms with Crippen LogP contribution >= 0.6 is 0 Å². The van der Waals surface area contributed by atoms with E-state index < -0.39 is 0 Å². The summed E-state index contributed by atoms with van der Waals surface area (Å²) in [4.78, 5) is 2.52. The monoisotopic (exact) mass is 280 g/mol. The van der Waals surface area contributed by atoms with Gasteiger partial charge < -0.3 is 0 Å². The van der Waals surface area contributed by atoms with Gasteiger partial charge in [0.25, 0.3) is 0 Å². The number of aromatic amines is 1. The summed E-state index contributed by atoms with van der Waals surface area (Å²) in [7, 11) is 0. The number of benzene rings is 1. The van der Waals surface area contributed by atoms with Crippen LogP contribution in [0.5, 0.6) is 0 Å². The number of nitrogens with one attached hydrogen (secondary N) is 1. The highest BCUT2D eigenvalue weighted by Gasteiger charge is 2.25. The predicted octanol–water partition coefficient (Wildman–Crippen LogP) is 3.22. The molecule has 2 aromatic rings. The first kappa shape index (κ1) is 13.8. The van der Waals surface area contributed by atoms with Gasteiger partial charge in [-0.3, -0.25) is 10.00 Å². The molecule has 1 N–H and O–H groups in total. The highest BCUT2D eigenvalue weighted by Crippen LogP contribution is 2.31. The van der Waals surface area contributed by atoms with Crippen LogP contribution in [-0.4, -0.2) is 28.2 Å². The van der Waals surface area contributed by atoms with E-state index in [1.165, 1.54) is 24.1 Å². The quantitative estimate of drug-likeness (QED) is 0.939. The molecule has 4 heteroatoms. The Morgan fingerprint density at radius 1 is 1.33 bits per heavy atom. The zero-order valence-electron chi connectivity index (χ0n) is 12.3. The second-order valence-electron chi connectivity index (χ2n) is 5.76. The molecule has 0 unspecified atom stereocenters. The van der Waals surface area contributed by atoms with Crippen molar-refractivity contribution in [3.63, 3.8) is 0 Å². The fourth-order valence-corrected chi connectivity index (χ4v) is 3.15. The van der Waals surface area contributed by atoms with Gasteiger partial charge in [0.1, 0.15) is 0 Å². The minimum Gasteiger partial charge on any atom is -0.296 e. The largest absolute Gasteiger partial charge is 0.296 e. The zero-order valence-corrected chi connectivity index (χ0v) is 12.3. The van der Waals surface area contributed by atoms with Crippen molar-refractivity contribution in [3.8, 4) is 6.07 Å². The number of H-pyrrole nitrogens is 1. The SMILES string of the molecule is C[C@@H](c1ccc(C#N)cc1)N1CCC[C@H](c2ccn[nH]2)C1. The summed E-state index contributed by atoms with van der Waals surface area (Å²) < 4.78 is 0. The van der Waals surface area contributed by atoms with Crippen molar-refractivity contribution in [2.45, 2.75) is 31.7 Å². The van der Waals surface area contributed by atoms with Crippen LogP contribution in [0.2, 0.25) is 0 Å². The van der Waals surface area contributed by atoms with E-state index in [0.29, 0.717) is 12.0 Å². The Balaban J connectivity index is 1.71. The topological polar surface area (TPSA) is 55.7 Å². The molecule has 0 bridgehead atoms. The van der Waals surface area contributed by atoms with E-state index in [9.17, 15) is 0 Å². The molecule has 1 aromatic carbocycles. The van der Waals surface area contributed by atoms with E-state index in [0.717, 1.165) is 18.7 Å². The van der Waals surface area contributed by atoms with Crippen LogP contribution in [0.3, 0.4) is 0 Å². The van der Waals surface area contributed by atoms with E-state index in [4.69, 9.17) is 5.26 Å². The molecule has 4 nitrogen and oxygen atoms in total. The average Bonchev–Trinajstić information content (AvgIpc) is 3.09. The van der Waals surface area contributed by atoms with Gasteiger partial charge in [0.15, 0.2) is 0 Å². The van der Waals surface area contributed by atoms with Crippen LogP contribution in [0.4, 0.5) is 0 Å². The van der Waals surface area contributed by atoms with Crippen molar-refractivity contribution in [3.05, 3.63) is 53.3 Å². The lowest BCUT2D eigenvalue weighted by atomic mass is 9.92. The minimum absolute atomic E-state index is 0.378. The summed E-state index contributed by atoms with van der Waals surface area (Å²) >= 11 is 0. The molecule has 1 saturated heterocycles. The molecule has 3 rings (SSSR count). The van der Waals surface area contributed by atoms with E-state index in [1.807, 2.05) is 18.3 Å². The number of piperidine rings is 1. The minimum atomic E-state index is 0.378. The summed E-state index contributed by atoms with van der Waals surface area (Å²) in [6.07, 6.45) is 4.27. The van der Waals surface area contributed by atoms with Gasteiger partial charge >= 0.3 is 0 Å². The van der Waals surface area contributed by atoms with Gasteiger partial charge in [-0.2, -0.15) is 10.4 Å². The van der Waals surface area contributed by atoms with Gasteiger partial charge in [-0.05, 0) is 50.1 Å². The molecular weight excluding hydrogens is 260 g/mol. The molecule has 1 aliphatic rings. The lowest BCUT2D eigenvalue weighted by molar-refractivity contribution is 0.157. The van der Waals surface area contributed by atoms with Crippen LogP contribution in [0.15, 0.2) is 36.5 Å². The molecule has 1 aliphatic heterocycles. The van der Waals surface area contributed by atoms with Crippen LogP contribution in [0.1, 0.15) is 48.5 Å². The highest BCUT2D eigenvalue weighted by atomic mass is 15.2. The summed E-state index contributed by atoms with van der Waals surface area (Å²) in [5.74, 6) is 0.544. The molecule has 0 aliphatic carbocycles. The number of hydrogen-bond donors (Lipinski definition) is 1. The first-order valence-corrected chi connectivity index (χ1v) is 7.51. The second-order valence-corrected chi connectivity index (χ2v) is 5.76. The van der Waals surface area contributed by atoms with E-state index in [2.05, 4.69) is 46.3 Å². The predicted molar refractivity (Wildman–Crippen MR) is 81.7 cm³/mol. The molecule has 0 spiro atoms. The zero-order chi connectivity index (χ0) is 14.7. The lowest BCUT2D eigenvalue weighted by Gasteiger charge is -2.36. The molecule has 1 fully saturated rings. The maximum Gasteiger partial charge on any atom is 0.0991 e. The van der Waals surface area contributed by atoms with Crippen molar-refractivity contribution in [2.75, 3.05) is 13.1 Å². The molecule has 2 heterocycles. The van der Waals surface area contributed by atoms with Crippen LogP contribution < -0.4 is 0 Å². The van der Waals surface area contributed by atoms with Gasteiger partial charge in [-0.15, -0.1) is 0 Å². The first-order valence-electron chi connectivity index (χ1n) is 7.51. The van der Waals surface area contributed by atoms with Crippen LogP contribution in [0.25, 0.3) is 0 Å². The fraction of sp³-hybridized carbons (Fsp3) is 0.412. The molecule has 2 atom stereocenters. The van der Waals surface area contributed by atoms with Crippen molar-refractivity contribution in [2.24, 2.45) is 0 Å². The smallest absolute Gasteiger partial charge is 0.0991 e. The number of rotatable bonds is 3. The normalized spacial score (nSPS) is 20.9. The third-order valence-electron chi connectivity index (χ3n) is 4.48. The number of nitrogens with zero attached hydrogens (tertiary/aromatic N) is 3. The Hall–Kier alpha value is -2.12. The Labute approximate surface area is 125 Å². The maximum atomic E-state index is 8.89. The molecule has 108 valence electrons. The van der Waals surface area contributed by atoms with E-state index >= 15 is 0 Å². The standard InChI is InChI=1S/C17H20N4/c1-13(15-6-4-14(11-18)5-7-15)21-10-2-3-16(12-21)17-8-9-19-20-17/h4-9,13,16H,2-3,10,12H2,1H3,(H,19,20)/t13-,16-/m0/s1. The van der Waals surface area contributed by atoms with Gasteiger partial charge in [0.05, 0.1) is 11.6 Å². The van der Waals surface area contributed by atoms with Crippen molar-refractivity contribution in [1.82, 2.24) is 15.1 Å². The molecule has 0 amide bonds. The molecule has 0 radical (unpaired) electrons. The Kier molecular flexibility index (Phi) is 4.03. The second kappa shape index (κ2) is 6.11. The number of hydrogen-bond acceptors (Lipinski definition) is 3. The van der Waals surface area contributed by atoms with Gasteiger partial charge in [-0.25, -0.2) is 0 Å². The third-order valence-corrected chi connectivity index (χ3v) is 4.48. The van der Waals surface area contributed by atoms with Crippen LogP contribution in [0, 0.1) is 11.3 Å². The van der Waals surface area contributed by atoms with Gasteiger partial charge in [0.2, 0.25) is 0 Å². The van der Waals surface area contributed by atoms with Gasteiger partial charge in [0, 0.05) is 30.4 Å². The van der Waals surface area contributed by atoms with E-state index in [-0.39, 0.29) is 0 Å². The van der Waals surface area contributed by atoms with Crippen molar-refractivity contribution < 1.29 is 0 Å². The summed E-state index contributed by atoms with van der Waals surface area (Å²) in [5.41, 5.74) is 3.24. The molecule has 21 heavy (non-hydrogen) atoms. The average molecular weight is 280 g/mol. The Morgan fingerprint density at radius 3 is 2.81 bits per heavy atom. The maximum absolute atomic E-state index is 8.89. The highest BCUT2D eigenvalue weighted by molar-refractivity contribution is 5.32. The summed E-state index contributed by atoms with van der Waals surface area (Å²) in [6.45, 7) is 4.44. The summed E-state index contributed by atoms with van der Waals surface area (Å²) in [6, 6.07) is 12.6. The molecule has 1 aromatic heterocycles. The number of aromatic nitrogens is 2. The summed E-state index contributed by atoms with van der Waals surface area (Å²) in [5, 5.41) is 16.1. The Bertz CT molecular complexity index is 609. The fourth-order valence-electron chi connectivity index (χ4n) is 3.15. The van der Waals surface area contributed by atoms with Crippen molar-refractivity contribution >= 4 is 0 Å². The first-order chi connectivity index (χ1) is 10.3. The molecule has 0 saturated carbocycles. The Morgan fingerprint density at radius 2 is 2.14 bits per heavy atom. The number of likely N-dealkylation sites (tertiary alicyclic amines) is 1. The van der Waals surface area contributed by atoms with E-state index in [1.54, 1.807) is 0 Å². The van der Waals surface area contributed by atoms with Gasteiger partial charge in [-0.1, -0.05) is 12.1 Å². The third kappa shape index (κ3) is 2.98. The lowest BCUT2D eigenvalue weighted by Crippen LogP contribution is -2.36. The number of nitriles is 1.